The molecular formula is C17H24FN3O2. The summed E-state index contributed by atoms with van der Waals surface area (Å²) < 4.78 is 13.6. The number of carbonyl (C=O) groups excluding carboxylic acids is 2. The topological polar surface area (TPSA) is 52.7 Å². The van der Waals surface area contributed by atoms with Crippen molar-refractivity contribution in [1.82, 2.24) is 9.80 Å². The minimum Gasteiger partial charge on any atom is -0.343 e. The number of amides is 2. The number of nitrogens with one attached hydrogen (secondary N) is 1. The van der Waals surface area contributed by atoms with Crippen LogP contribution in [-0.2, 0) is 9.59 Å². The molecule has 2 rings (SSSR count). The molecule has 126 valence electrons. The molecular weight excluding hydrogens is 297 g/mol. The zero-order chi connectivity index (χ0) is 17.0. The van der Waals surface area contributed by atoms with Crippen molar-refractivity contribution in [3.05, 3.63) is 30.1 Å². The van der Waals surface area contributed by atoms with Crippen molar-refractivity contribution < 1.29 is 14.0 Å². The van der Waals surface area contributed by atoms with Gasteiger partial charge in [-0.25, -0.2) is 4.39 Å². The summed E-state index contributed by atoms with van der Waals surface area (Å²) in [6.07, 6.45) is 1.68. The third-order valence-corrected chi connectivity index (χ3v) is 4.60. The van der Waals surface area contributed by atoms with Gasteiger partial charge in [0.25, 0.3) is 0 Å². The van der Waals surface area contributed by atoms with Gasteiger partial charge >= 0.3 is 0 Å². The summed E-state index contributed by atoms with van der Waals surface area (Å²) in [5, 5.41) is 2.64. The fraction of sp³-hybridized carbons (Fsp3) is 0.529. The quantitative estimate of drug-likeness (QED) is 0.924. The number of nitrogens with zero attached hydrogens (tertiary/aromatic N) is 2. The van der Waals surface area contributed by atoms with Crippen molar-refractivity contribution in [2.24, 2.45) is 0 Å². The molecule has 23 heavy (non-hydrogen) atoms. The summed E-state index contributed by atoms with van der Waals surface area (Å²) in [6.45, 7) is 4.88. The molecule has 0 saturated carbocycles. The first-order valence-corrected chi connectivity index (χ1v) is 7.93. The maximum Gasteiger partial charge on any atom is 0.241 e. The second-order valence-corrected chi connectivity index (χ2v) is 6.04. The molecule has 1 aromatic carbocycles. The highest BCUT2D eigenvalue weighted by Crippen LogP contribution is 2.19. The van der Waals surface area contributed by atoms with Gasteiger partial charge < -0.3 is 10.2 Å². The number of rotatable bonds is 4. The monoisotopic (exact) mass is 321 g/mol. The fourth-order valence-corrected chi connectivity index (χ4v) is 2.88. The number of anilines is 1. The fourth-order valence-electron chi connectivity index (χ4n) is 2.88. The molecule has 1 N–H and O–H groups in total. The molecule has 1 fully saturated rings. The lowest BCUT2D eigenvalue weighted by atomic mass is 10.0. The summed E-state index contributed by atoms with van der Waals surface area (Å²) in [7, 11) is 1.82. The molecule has 1 heterocycles. The Kier molecular flexibility index (Phi) is 5.71. The lowest BCUT2D eigenvalue weighted by Gasteiger charge is -2.38. The normalized spacial score (nSPS) is 17.6. The smallest absolute Gasteiger partial charge is 0.241 e. The Balaban J connectivity index is 1.89. The molecule has 1 atom stereocenters. The zero-order valence-corrected chi connectivity index (χ0v) is 13.9. The van der Waals surface area contributed by atoms with E-state index in [1.807, 2.05) is 14.0 Å². The van der Waals surface area contributed by atoms with Crippen LogP contribution in [-0.4, -0.2) is 53.8 Å². The Labute approximate surface area is 136 Å². The average molecular weight is 321 g/mol. The Bertz CT molecular complexity index is 571. The van der Waals surface area contributed by atoms with E-state index in [0.29, 0.717) is 0 Å². The minimum atomic E-state index is -0.435. The first-order valence-electron chi connectivity index (χ1n) is 7.93. The SMILES string of the molecule is CC(=O)N(C)C1CCN(C(C)C(=O)Nc2ccccc2F)CC1. The van der Waals surface area contributed by atoms with E-state index < -0.39 is 5.82 Å². The van der Waals surface area contributed by atoms with E-state index >= 15 is 0 Å². The van der Waals surface area contributed by atoms with Gasteiger partial charge in [0.2, 0.25) is 11.8 Å². The molecule has 1 unspecified atom stereocenters. The van der Waals surface area contributed by atoms with Crippen LogP contribution in [0, 0.1) is 5.82 Å². The van der Waals surface area contributed by atoms with Crippen LogP contribution >= 0.6 is 0 Å². The number of hydrogen-bond donors (Lipinski definition) is 1. The zero-order valence-electron chi connectivity index (χ0n) is 13.9. The van der Waals surface area contributed by atoms with Crippen LogP contribution in [0.3, 0.4) is 0 Å². The predicted molar refractivity (Wildman–Crippen MR) is 87.5 cm³/mol. The third-order valence-electron chi connectivity index (χ3n) is 4.60. The lowest BCUT2D eigenvalue weighted by Crippen LogP contribution is -2.50. The first kappa shape index (κ1) is 17.4. The van der Waals surface area contributed by atoms with Crippen LogP contribution in [0.5, 0.6) is 0 Å². The number of para-hydroxylation sites is 1. The van der Waals surface area contributed by atoms with Gasteiger partial charge in [-0.3, -0.25) is 14.5 Å². The lowest BCUT2D eigenvalue weighted by molar-refractivity contribution is -0.131. The third kappa shape index (κ3) is 4.28. The van der Waals surface area contributed by atoms with Crippen LogP contribution in [0.25, 0.3) is 0 Å². The molecule has 1 saturated heterocycles. The van der Waals surface area contributed by atoms with Crippen LogP contribution in [0.1, 0.15) is 26.7 Å². The molecule has 0 aromatic heterocycles. The molecule has 0 bridgehead atoms. The van der Waals surface area contributed by atoms with Crippen molar-refractivity contribution in [2.75, 3.05) is 25.5 Å². The van der Waals surface area contributed by atoms with Crippen molar-refractivity contribution >= 4 is 17.5 Å². The second-order valence-electron chi connectivity index (χ2n) is 6.04. The first-order chi connectivity index (χ1) is 10.9. The Morgan fingerprint density at radius 3 is 2.48 bits per heavy atom. The van der Waals surface area contributed by atoms with Crippen molar-refractivity contribution in [1.29, 1.82) is 0 Å². The summed E-state index contributed by atoms with van der Waals surface area (Å²) >= 11 is 0. The van der Waals surface area contributed by atoms with Gasteiger partial charge in [-0.15, -0.1) is 0 Å². The van der Waals surface area contributed by atoms with E-state index in [4.69, 9.17) is 0 Å². The number of benzene rings is 1. The minimum absolute atomic E-state index is 0.0637. The van der Waals surface area contributed by atoms with Crippen LogP contribution in [0.15, 0.2) is 24.3 Å². The molecule has 6 heteroatoms. The largest absolute Gasteiger partial charge is 0.343 e. The summed E-state index contributed by atoms with van der Waals surface area (Å²) in [5.41, 5.74) is 0.204. The van der Waals surface area contributed by atoms with Gasteiger partial charge in [-0.2, -0.15) is 0 Å². The highest BCUT2D eigenvalue weighted by Gasteiger charge is 2.29. The van der Waals surface area contributed by atoms with Gasteiger partial charge in [0.1, 0.15) is 5.82 Å². The van der Waals surface area contributed by atoms with Crippen molar-refractivity contribution in [3.63, 3.8) is 0 Å². The Morgan fingerprint density at radius 1 is 1.30 bits per heavy atom. The van der Waals surface area contributed by atoms with Crippen molar-refractivity contribution in [2.45, 2.75) is 38.8 Å². The Morgan fingerprint density at radius 2 is 1.91 bits per heavy atom. The molecule has 1 aromatic rings. The molecule has 0 aliphatic carbocycles. The summed E-state index contributed by atoms with van der Waals surface area (Å²) in [4.78, 5) is 27.6. The number of likely N-dealkylation sites (tertiary alicyclic amines) is 1. The summed E-state index contributed by atoms with van der Waals surface area (Å²) in [6, 6.07) is 6.04. The Hall–Kier alpha value is -1.95. The van der Waals surface area contributed by atoms with Crippen LogP contribution in [0.4, 0.5) is 10.1 Å². The summed E-state index contributed by atoms with van der Waals surface area (Å²) in [5.74, 6) is -0.586. The highest BCUT2D eigenvalue weighted by atomic mass is 19.1. The van der Waals surface area contributed by atoms with Crippen LogP contribution in [0.2, 0.25) is 0 Å². The number of carbonyl (C=O) groups is 2. The van der Waals surface area contributed by atoms with Gasteiger partial charge in [0.15, 0.2) is 0 Å². The number of piperidine rings is 1. The molecule has 0 spiro atoms. The van der Waals surface area contributed by atoms with E-state index in [1.54, 1.807) is 30.0 Å². The maximum atomic E-state index is 13.6. The van der Waals surface area contributed by atoms with E-state index in [1.165, 1.54) is 6.07 Å². The van der Waals surface area contributed by atoms with Crippen LogP contribution < -0.4 is 5.32 Å². The molecule has 1 aliphatic rings. The molecule has 1 aliphatic heterocycles. The van der Waals surface area contributed by atoms with Gasteiger partial charge in [-0.05, 0) is 31.9 Å². The average Bonchev–Trinajstić information content (AvgIpc) is 2.55. The number of hydrogen-bond acceptors (Lipinski definition) is 3. The van der Waals surface area contributed by atoms with Gasteiger partial charge in [0.05, 0.1) is 11.7 Å². The van der Waals surface area contributed by atoms with E-state index in [9.17, 15) is 14.0 Å². The molecule has 5 nitrogen and oxygen atoms in total. The van der Waals surface area contributed by atoms with Gasteiger partial charge in [-0.1, -0.05) is 12.1 Å². The van der Waals surface area contributed by atoms with E-state index in [-0.39, 0.29) is 29.6 Å². The number of halogens is 1. The molecule has 2 amide bonds. The molecule has 0 radical (unpaired) electrons. The van der Waals surface area contributed by atoms with Gasteiger partial charge in [0, 0.05) is 33.1 Å². The second kappa shape index (κ2) is 7.55. The highest BCUT2D eigenvalue weighted by molar-refractivity contribution is 5.94. The standard InChI is InChI=1S/C17H24FN3O2/c1-12(17(23)19-16-7-5-4-6-15(16)18)21-10-8-14(9-11-21)20(3)13(2)22/h4-7,12,14H,8-11H2,1-3H3,(H,19,23). The van der Waals surface area contributed by atoms with Crippen molar-refractivity contribution in [3.8, 4) is 0 Å². The van der Waals surface area contributed by atoms with E-state index in [2.05, 4.69) is 10.2 Å². The van der Waals surface area contributed by atoms with E-state index in [0.717, 1.165) is 25.9 Å². The maximum absolute atomic E-state index is 13.6. The predicted octanol–water partition coefficient (Wildman–Crippen LogP) is 2.10.